The van der Waals surface area contributed by atoms with Crippen LogP contribution in [-0.4, -0.2) is 54.0 Å². The van der Waals surface area contributed by atoms with Gasteiger partial charge in [0.25, 0.3) is 0 Å². The Morgan fingerprint density at radius 3 is 2.39 bits per heavy atom. The highest BCUT2D eigenvalue weighted by Gasteiger charge is 2.36. The highest BCUT2D eigenvalue weighted by atomic mass is 16.2. The van der Waals surface area contributed by atoms with E-state index in [0.29, 0.717) is 6.04 Å². The van der Waals surface area contributed by atoms with Gasteiger partial charge in [-0.3, -0.25) is 9.69 Å². The number of carbonyl (C=O) groups excluding carboxylic acids is 1. The van der Waals surface area contributed by atoms with Crippen molar-refractivity contribution in [3.05, 3.63) is 0 Å². The molecule has 2 atom stereocenters. The Morgan fingerprint density at radius 2 is 1.83 bits per heavy atom. The molecule has 104 valence electrons. The van der Waals surface area contributed by atoms with Gasteiger partial charge in [0.05, 0.1) is 6.04 Å². The second-order valence-electron chi connectivity index (χ2n) is 6.81. The molecule has 4 nitrogen and oxygen atoms in total. The Kier molecular flexibility index (Phi) is 3.97. The lowest BCUT2D eigenvalue weighted by Gasteiger charge is -2.30. The summed E-state index contributed by atoms with van der Waals surface area (Å²) >= 11 is 0. The second-order valence-corrected chi connectivity index (χ2v) is 6.81. The molecule has 2 fully saturated rings. The van der Waals surface area contributed by atoms with E-state index in [1.807, 2.05) is 25.7 Å². The van der Waals surface area contributed by atoms with Crippen molar-refractivity contribution in [3.8, 4) is 0 Å². The first-order valence-corrected chi connectivity index (χ1v) is 7.18. The zero-order chi connectivity index (χ0) is 13.3. The highest BCUT2D eigenvalue weighted by molar-refractivity contribution is 5.82. The predicted molar refractivity (Wildman–Crippen MR) is 73.2 cm³/mol. The molecular formula is C14H27N3O. The molecule has 0 saturated carbocycles. The maximum absolute atomic E-state index is 12.3. The Bertz CT molecular complexity index is 305. The van der Waals surface area contributed by atoms with Crippen molar-refractivity contribution in [2.45, 2.75) is 52.1 Å². The lowest BCUT2D eigenvalue weighted by atomic mass is 9.86. The van der Waals surface area contributed by atoms with Crippen molar-refractivity contribution < 1.29 is 4.79 Å². The van der Waals surface area contributed by atoms with E-state index in [9.17, 15) is 4.79 Å². The molecule has 2 rings (SSSR count). The van der Waals surface area contributed by atoms with Crippen LogP contribution in [0.5, 0.6) is 0 Å². The van der Waals surface area contributed by atoms with Gasteiger partial charge in [0.15, 0.2) is 0 Å². The van der Waals surface area contributed by atoms with E-state index < -0.39 is 0 Å². The minimum absolute atomic E-state index is 0.129. The molecule has 0 bridgehead atoms. The first-order chi connectivity index (χ1) is 8.39. The van der Waals surface area contributed by atoms with Crippen LogP contribution in [0.3, 0.4) is 0 Å². The smallest absolute Gasteiger partial charge is 0.240 e. The summed E-state index contributed by atoms with van der Waals surface area (Å²) in [6.07, 6.45) is 3.74. The van der Waals surface area contributed by atoms with Gasteiger partial charge in [-0.05, 0) is 37.8 Å². The third-order valence-electron chi connectivity index (χ3n) is 4.33. The molecule has 4 heteroatoms. The molecule has 0 aromatic carbocycles. The molecule has 0 aromatic heterocycles. The van der Waals surface area contributed by atoms with Gasteiger partial charge in [-0.25, -0.2) is 0 Å². The van der Waals surface area contributed by atoms with Crippen molar-refractivity contribution in [1.82, 2.24) is 9.80 Å². The minimum Gasteiger partial charge on any atom is -0.340 e. The van der Waals surface area contributed by atoms with Gasteiger partial charge in [0.1, 0.15) is 0 Å². The monoisotopic (exact) mass is 253 g/mol. The van der Waals surface area contributed by atoms with Crippen molar-refractivity contribution in [2.24, 2.45) is 11.1 Å². The maximum atomic E-state index is 12.3. The Balaban J connectivity index is 1.90. The number of hydrogen-bond donors (Lipinski definition) is 1. The number of hydrogen-bond acceptors (Lipinski definition) is 3. The van der Waals surface area contributed by atoms with Crippen LogP contribution in [0.1, 0.15) is 40.0 Å². The van der Waals surface area contributed by atoms with E-state index in [2.05, 4.69) is 4.90 Å². The molecule has 0 aliphatic carbocycles. The van der Waals surface area contributed by atoms with Gasteiger partial charge >= 0.3 is 0 Å². The SMILES string of the molecule is CC(C)(C)[C@H](N)C(=O)N1CCC(N2CCCC2)C1. The third kappa shape index (κ3) is 2.86. The van der Waals surface area contributed by atoms with Crippen molar-refractivity contribution in [2.75, 3.05) is 26.2 Å². The molecule has 2 N–H and O–H groups in total. The molecule has 2 saturated heterocycles. The number of nitrogens with two attached hydrogens (primary N) is 1. The molecule has 1 unspecified atom stereocenters. The standard InChI is InChI=1S/C14H27N3O/c1-14(2,3)12(15)13(18)17-9-6-11(10-17)16-7-4-5-8-16/h11-12H,4-10,15H2,1-3H3/t11?,12-/m1/s1. The van der Waals surface area contributed by atoms with Crippen molar-refractivity contribution in [1.29, 1.82) is 0 Å². The summed E-state index contributed by atoms with van der Waals surface area (Å²) < 4.78 is 0. The van der Waals surface area contributed by atoms with E-state index in [1.165, 1.54) is 25.9 Å². The molecule has 0 aromatic rings. The molecular weight excluding hydrogens is 226 g/mol. The van der Waals surface area contributed by atoms with Crippen LogP contribution in [0.25, 0.3) is 0 Å². The normalized spacial score (nSPS) is 27.8. The number of amides is 1. The Hall–Kier alpha value is -0.610. The van der Waals surface area contributed by atoms with Gasteiger partial charge in [0, 0.05) is 19.1 Å². The topological polar surface area (TPSA) is 49.6 Å². The fourth-order valence-corrected chi connectivity index (χ4v) is 2.91. The average Bonchev–Trinajstić information content (AvgIpc) is 2.95. The summed E-state index contributed by atoms with van der Waals surface area (Å²) in [4.78, 5) is 16.8. The first-order valence-electron chi connectivity index (χ1n) is 7.18. The molecule has 18 heavy (non-hydrogen) atoms. The van der Waals surface area contributed by atoms with Crippen molar-refractivity contribution >= 4 is 5.91 Å². The second kappa shape index (κ2) is 5.17. The summed E-state index contributed by atoms with van der Waals surface area (Å²) in [7, 11) is 0. The summed E-state index contributed by atoms with van der Waals surface area (Å²) in [5.74, 6) is 0.129. The molecule has 2 heterocycles. The van der Waals surface area contributed by atoms with Gasteiger partial charge < -0.3 is 10.6 Å². The number of nitrogens with zero attached hydrogens (tertiary/aromatic N) is 2. The van der Waals surface area contributed by atoms with Crippen LogP contribution in [-0.2, 0) is 4.79 Å². The fraction of sp³-hybridized carbons (Fsp3) is 0.929. The quantitative estimate of drug-likeness (QED) is 0.800. The van der Waals surface area contributed by atoms with Crippen LogP contribution in [0, 0.1) is 5.41 Å². The fourth-order valence-electron chi connectivity index (χ4n) is 2.91. The summed E-state index contributed by atoms with van der Waals surface area (Å²) in [6.45, 7) is 10.3. The predicted octanol–water partition coefficient (Wildman–Crippen LogP) is 1.06. The average molecular weight is 253 g/mol. The van der Waals surface area contributed by atoms with Crippen LogP contribution in [0.2, 0.25) is 0 Å². The van der Waals surface area contributed by atoms with Crippen LogP contribution >= 0.6 is 0 Å². The lowest BCUT2D eigenvalue weighted by Crippen LogP contribution is -2.50. The van der Waals surface area contributed by atoms with Gasteiger partial charge in [-0.2, -0.15) is 0 Å². The van der Waals surface area contributed by atoms with E-state index in [-0.39, 0.29) is 17.4 Å². The van der Waals surface area contributed by atoms with Gasteiger partial charge in [-0.15, -0.1) is 0 Å². The highest BCUT2D eigenvalue weighted by Crippen LogP contribution is 2.24. The zero-order valence-corrected chi connectivity index (χ0v) is 12.0. The number of rotatable bonds is 2. The summed E-state index contributed by atoms with van der Waals surface area (Å²) in [6, 6.07) is 0.193. The Labute approximate surface area is 110 Å². The molecule has 0 radical (unpaired) electrons. The van der Waals surface area contributed by atoms with E-state index in [0.717, 1.165) is 19.5 Å². The molecule has 2 aliphatic rings. The van der Waals surface area contributed by atoms with E-state index in [4.69, 9.17) is 5.73 Å². The first kappa shape index (κ1) is 13.8. The van der Waals surface area contributed by atoms with E-state index in [1.54, 1.807) is 0 Å². The minimum atomic E-state index is -0.380. The van der Waals surface area contributed by atoms with Crippen LogP contribution in [0.4, 0.5) is 0 Å². The largest absolute Gasteiger partial charge is 0.340 e. The molecule has 2 aliphatic heterocycles. The maximum Gasteiger partial charge on any atom is 0.240 e. The van der Waals surface area contributed by atoms with Crippen LogP contribution < -0.4 is 5.73 Å². The third-order valence-corrected chi connectivity index (χ3v) is 4.33. The number of carbonyl (C=O) groups is 1. The van der Waals surface area contributed by atoms with Gasteiger partial charge in [0.2, 0.25) is 5.91 Å². The summed E-state index contributed by atoms with van der Waals surface area (Å²) in [5, 5.41) is 0. The summed E-state index contributed by atoms with van der Waals surface area (Å²) in [5.41, 5.74) is 5.92. The zero-order valence-electron chi connectivity index (χ0n) is 12.0. The Morgan fingerprint density at radius 1 is 1.22 bits per heavy atom. The molecule has 1 amide bonds. The van der Waals surface area contributed by atoms with Gasteiger partial charge in [-0.1, -0.05) is 20.8 Å². The lowest BCUT2D eigenvalue weighted by molar-refractivity contribution is -0.134. The van der Waals surface area contributed by atoms with Crippen LogP contribution in [0.15, 0.2) is 0 Å². The van der Waals surface area contributed by atoms with Crippen molar-refractivity contribution in [3.63, 3.8) is 0 Å². The van der Waals surface area contributed by atoms with E-state index >= 15 is 0 Å². The number of likely N-dealkylation sites (tertiary alicyclic amines) is 2. The molecule has 0 spiro atoms.